The lowest BCUT2D eigenvalue weighted by atomic mass is 9.75. The Balaban J connectivity index is 2.00. The third kappa shape index (κ3) is 1.11. The van der Waals surface area contributed by atoms with Gasteiger partial charge in [0.25, 0.3) is 0 Å². The second-order valence-corrected chi connectivity index (χ2v) is 5.33. The number of hydrogen-bond acceptors (Lipinski definition) is 2. The van der Waals surface area contributed by atoms with Crippen LogP contribution in [0.5, 0.6) is 0 Å². The van der Waals surface area contributed by atoms with Crippen molar-refractivity contribution in [3.05, 3.63) is 82.6 Å². The van der Waals surface area contributed by atoms with Crippen LogP contribution in [0.25, 0.3) is 0 Å². The van der Waals surface area contributed by atoms with E-state index in [2.05, 4.69) is 71.3 Å². The summed E-state index contributed by atoms with van der Waals surface area (Å²) < 4.78 is 0. The maximum atomic E-state index is 2.30. The zero-order valence-electron chi connectivity index (χ0n) is 9.21. The molecule has 0 saturated carbocycles. The van der Waals surface area contributed by atoms with E-state index < -0.39 is 0 Å². The predicted molar refractivity (Wildman–Crippen MR) is 72.7 cm³/mol. The van der Waals surface area contributed by atoms with Gasteiger partial charge in [0.15, 0.2) is 0 Å². The molecule has 0 bridgehead atoms. The molecule has 1 unspecified atom stereocenters. The highest BCUT2D eigenvalue weighted by atomic mass is 32.2. The minimum Gasteiger partial charge on any atom is -0.323 e. The molecule has 0 aromatic rings. The molecule has 0 aromatic carbocycles. The normalized spacial score (nSPS) is 31.5. The third-order valence-corrected chi connectivity index (χ3v) is 4.57. The van der Waals surface area contributed by atoms with Gasteiger partial charge in [-0.15, -0.1) is 0 Å². The molecule has 2 heteroatoms. The van der Waals surface area contributed by atoms with E-state index in [9.17, 15) is 0 Å². The molecule has 0 aromatic heterocycles. The maximum Gasteiger partial charge on any atom is 0.0671 e. The van der Waals surface area contributed by atoms with Crippen molar-refractivity contribution in [2.45, 2.75) is 0 Å². The number of fused-ring (bicyclic) bond motifs is 1. The fourth-order valence-electron chi connectivity index (χ4n) is 2.67. The quantitative estimate of drug-likeness (QED) is 0.629. The molecule has 0 fully saturated rings. The van der Waals surface area contributed by atoms with Gasteiger partial charge in [-0.3, -0.25) is 0 Å². The van der Waals surface area contributed by atoms with Gasteiger partial charge in [0.05, 0.1) is 11.1 Å². The summed E-state index contributed by atoms with van der Waals surface area (Å²) in [5.74, 6) is 0. The largest absolute Gasteiger partial charge is 0.323 e. The second kappa shape index (κ2) is 3.17. The first-order chi connectivity index (χ1) is 8.40. The predicted octanol–water partition coefficient (Wildman–Crippen LogP) is 3.85. The average molecular weight is 237 g/mol. The van der Waals surface area contributed by atoms with Crippen molar-refractivity contribution in [3.63, 3.8) is 0 Å². The van der Waals surface area contributed by atoms with Gasteiger partial charge >= 0.3 is 0 Å². The number of nitrogens with zero attached hydrogens (tertiary/aromatic N) is 1. The molecule has 0 radical (unpaired) electrons. The van der Waals surface area contributed by atoms with E-state index in [-0.39, 0.29) is 5.41 Å². The van der Waals surface area contributed by atoms with Crippen LogP contribution in [0.3, 0.4) is 0 Å². The van der Waals surface area contributed by atoms with Gasteiger partial charge in [0.2, 0.25) is 0 Å². The van der Waals surface area contributed by atoms with Gasteiger partial charge in [-0.2, -0.15) is 0 Å². The van der Waals surface area contributed by atoms with E-state index in [0.29, 0.717) is 0 Å². The van der Waals surface area contributed by atoms with Gasteiger partial charge in [0, 0.05) is 17.3 Å². The maximum absolute atomic E-state index is 2.30. The van der Waals surface area contributed by atoms with Crippen LogP contribution in [0, 0.1) is 5.41 Å². The molecular weight excluding hydrogens is 226 g/mol. The lowest BCUT2D eigenvalue weighted by molar-refractivity contribution is 0.568. The van der Waals surface area contributed by atoms with Crippen LogP contribution in [0.15, 0.2) is 82.6 Å². The first-order valence-electron chi connectivity index (χ1n) is 5.71. The highest BCUT2D eigenvalue weighted by Gasteiger charge is 2.42. The van der Waals surface area contributed by atoms with E-state index in [4.69, 9.17) is 0 Å². The molecule has 0 amide bonds. The molecule has 1 aliphatic carbocycles. The van der Waals surface area contributed by atoms with Crippen molar-refractivity contribution >= 4 is 11.8 Å². The molecule has 82 valence electrons. The summed E-state index contributed by atoms with van der Waals surface area (Å²) in [6, 6.07) is 0. The van der Waals surface area contributed by atoms with E-state index in [1.54, 1.807) is 0 Å². The number of thioether (sulfide) groups is 1. The highest BCUT2D eigenvalue weighted by Crippen LogP contribution is 2.56. The van der Waals surface area contributed by atoms with E-state index >= 15 is 0 Å². The Morgan fingerprint density at radius 1 is 1.00 bits per heavy atom. The minimum absolute atomic E-state index is 0.000764. The summed E-state index contributed by atoms with van der Waals surface area (Å²) in [6.45, 7) is 0. The summed E-state index contributed by atoms with van der Waals surface area (Å²) in [5, 5.41) is 2.20. The first-order valence-corrected chi connectivity index (χ1v) is 6.59. The van der Waals surface area contributed by atoms with E-state index in [1.807, 2.05) is 11.8 Å². The van der Waals surface area contributed by atoms with E-state index in [1.165, 1.54) is 16.2 Å². The lowest BCUT2D eigenvalue weighted by Crippen LogP contribution is -2.28. The summed E-state index contributed by atoms with van der Waals surface area (Å²) in [7, 11) is 0. The Bertz CT molecular complexity index is 598. The monoisotopic (exact) mass is 237 g/mol. The first kappa shape index (κ1) is 9.37. The average Bonchev–Trinajstić information content (AvgIpc) is 2.80. The zero-order valence-corrected chi connectivity index (χ0v) is 10.0. The molecule has 3 aliphatic heterocycles. The van der Waals surface area contributed by atoms with Crippen LogP contribution in [0.1, 0.15) is 0 Å². The number of hydrogen-bond donors (Lipinski definition) is 0. The number of rotatable bonds is 0. The van der Waals surface area contributed by atoms with Crippen LogP contribution in [-0.2, 0) is 0 Å². The molecule has 4 aliphatic rings. The van der Waals surface area contributed by atoms with Crippen LogP contribution in [-0.4, -0.2) is 4.90 Å². The van der Waals surface area contributed by atoms with Gasteiger partial charge in [-0.05, 0) is 23.1 Å². The number of allylic oxidation sites excluding steroid dienone is 10. The van der Waals surface area contributed by atoms with Crippen molar-refractivity contribution in [3.8, 4) is 0 Å². The SMILES string of the molecule is C1=CC2=CN3C=CC=CC3=C3SC=CC23C=C1. The van der Waals surface area contributed by atoms with Crippen LogP contribution < -0.4 is 0 Å². The van der Waals surface area contributed by atoms with Crippen LogP contribution in [0.4, 0.5) is 0 Å². The fourth-order valence-corrected chi connectivity index (χ4v) is 3.84. The third-order valence-electron chi connectivity index (χ3n) is 3.52. The van der Waals surface area contributed by atoms with E-state index in [0.717, 1.165) is 0 Å². The Labute approximate surface area is 105 Å². The summed E-state index contributed by atoms with van der Waals surface area (Å²) in [4.78, 5) is 3.63. The second-order valence-electron chi connectivity index (χ2n) is 4.41. The molecule has 0 saturated heterocycles. The minimum atomic E-state index is 0.000764. The van der Waals surface area contributed by atoms with Gasteiger partial charge in [-0.1, -0.05) is 48.2 Å². The summed E-state index contributed by atoms with van der Waals surface area (Å²) in [6.07, 6.45) is 21.8. The molecule has 1 atom stereocenters. The van der Waals surface area contributed by atoms with Crippen molar-refractivity contribution in [2.75, 3.05) is 0 Å². The molecule has 1 nitrogen and oxygen atoms in total. The van der Waals surface area contributed by atoms with Crippen molar-refractivity contribution in [2.24, 2.45) is 5.41 Å². The molecule has 17 heavy (non-hydrogen) atoms. The standard InChI is InChI=1S/C15H11NS/c1-3-7-15-8-10-17-14(15)13-6-2-4-9-16(13)11-12(15)5-1/h1-11H. The summed E-state index contributed by atoms with van der Waals surface area (Å²) >= 11 is 1.83. The molecule has 0 N–H and O–H groups in total. The molecular formula is C15H11NS. The van der Waals surface area contributed by atoms with Gasteiger partial charge in [0.1, 0.15) is 0 Å². The molecule has 3 heterocycles. The zero-order chi connectivity index (χ0) is 11.3. The molecule has 4 rings (SSSR count). The smallest absolute Gasteiger partial charge is 0.0671 e. The van der Waals surface area contributed by atoms with Crippen molar-refractivity contribution < 1.29 is 0 Å². The molecule has 1 spiro atoms. The highest BCUT2D eigenvalue weighted by molar-refractivity contribution is 8.06. The van der Waals surface area contributed by atoms with Crippen LogP contribution in [0.2, 0.25) is 0 Å². The Kier molecular flexibility index (Phi) is 1.75. The Morgan fingerprint density at radius 2 is 1.94 bits per heavy atom. The van der Waals surface area contributed by atoms with Gasteiger partial charge < -0.3 is 4.90 Å². The topological polar surface area (TPSA) is 3.24 Å². The lowest BCUT2D eigenvalue weighted by Gasteiger charge is -2.38. The summed E-state index contributed by atoms with van der Waals surface area (Å²) in [5.41, 5.74) is 2.65. The Morgan fingerprint density at radius 3 is 2.94 bits per heavy atom. The Hall–Kier alpha value is -1.67. The van der Waals surface area contributed by atoms with Crippen molar-refractivity contribution in [1.82, 2.24) is 4.90 Å². The van der Waals surface area contributed by atoms with Crippen molar-refractivity contribution in [1.29, 1.82) is 0 Å². The van der Waals surface area contributed by atoms with Gasteiger partial charge in [-0.25, -0.2) is 0 Å². The fraction of sp³-hybridized carbons (Fsp3) is 0.0667. The van der Waals surface area contributed by atoms with Crippen LogP contribution >= 0.6 is 11.8 Å².